The number of amides is 1. The van der Waals surface area contributed by atoms with Crippen molar-refractivity contribution in [3.8, 4) is 5.75 Å². The Hall–Kier alpha value is -2.40. The second kappa shape index (κ2) is 7.45. The number of nitrogens with zero attached hydrogens (tertiary/aromatic N) is 2. The number of carbonyl (C=O) groups excluding carboxylic acids is 1. The molecule has 0 radical (unpaired) electrons. The zero-order valence-electron chi connectivity index (χ0n) is 13.6. The van der Waals surface area contributed by atoms with E-state index in [2.05, 4.69) is 4.98 Å². The number of pyridine rings is 1. The fourth-order valence-corrected chi connectivity index (χ4v) is 2.96. The molecular weight excluding hydrogens is 304 g/mol. The summed E-state index contributed by atoms with van der Waals surface area (Å²) >= 11 is 0. The van der Waals surface area contributed by atoms with Gasteiger partial charge in [0.25, 0.3) is 0 Å². The number of aromatic nitrogens is 1. The number of piperidine rings is 1. The average Bonchev–Trinajstić information content (AvgIpc) is 2.62. The molecule has 3 rings (SSSR count). The molecule has 24 heavy (non-hydrogen) atoms. The molecule has 0 spiro atoms. The van der Waals surface area contributed by atoms with E-state index >= 15 is 0 Å². The maximum Gasteiger partial charge on any atom is 0.227 e. The average molecular weight is 326 g/mol. The largest absolute Gasteiger partial charge is 0.491 e. The first-order valence-electron chi connectivity index (χ1n) is 8.22. The van der Waals surface area contributed by atoms with Crippen LogP contribution < -0.4 is 4.74 Å². The van der Waals surface area contributed by atoms with Crippen LogP contribution in [0.2, 0.25) is 0 Å². The van der Waals surface area contributed by atoms with Crippen molar-refractivity contribution in [2.45, 2.75) is 24.9 Å². The predicted octanol–water partition coefficient (Wildman–Crippen LogP) is 2.06. The van der Waals surface area contributed by atoms with Gasteiger partial charge in [-0.1, -0.05) is 18.2 Å². The third-order valence-corrected chi connectivity index (χ3v) is 4.26. The van der Waals surface area contributed by atoms with Crippen molar-refractivity contribution in [3.63, 3.8) is 0 Å². The summed E-state index contributed by atoms with van der Waals surface area (Å²) in [4.78, 5) is 18.2. The van der Waals surface area contributed by atoms with E-state index in [4.69, 9.17) is 4.74 Å². The molecule has 1 saturated heterocycles. The number of para-hydroxylation sites is 1. The molecule has 5 heteroatoms. The molecular formula is C19H22N2O3. The van der Waals surface area contributed by atoms with E-state index in [1.54, 1.807) is 17.3 Å². The molecule has 0 unspecified atom stereocenters. The smallest absolute Gasteiger partial charge is 0.227 e. The first-order valence-corrected chi connectivity index (χ1v) is 8.22. The SMILES string of the molecule is O=C(Cc1ccncc1)N1CCC[C@](O)(COc2ccccc2)C1. The minimum Gasteiger partial charge on any atom is -0.491 e. The number of carbonyl (C=O) groups is 1. The zero-order valence-corrected chi connectivity index (χ0v) is 13.6. The minimum absolute atomic E-state index is 0.0269. The Morgan fingerprint density at radius 1 is 1.21 bits per heavy atom. The molecule has 1 N–H and O–H groups in total. The van der Waals surface area contributed by atoms with Gasteiger partial charge in [-0.15, -0.1) is 0 Å². The van der Waals surface area contributed by atoms with Crippen LogP contribution in [0.5, 0.6) is 5.75 Å². The number of hydrogen-bond donors (Lipinski definition) is 1. The fourth-order valence-electron chi connectivity index (χ4n) is 2.96. The van der Waals surface area contributed by atoms with Gasteiger partial charge < -0.3 is 14.7 Å². The van der Waals surface area contributed by atoms with Crippen LogP contribution in [0.4, 0.5) is 0 Å². The molecule has 1 aromatic carbocycles. The minimum atomic E-state index is -0.998. The summed E-state index contributed by atoms with van der Waals surface area (Å²) in [5.74, 6) is 0.755. The zero-order chi connectivity index (χ0) is 16.8. The van der Waals surface area contributed by atoms with Gasteiger partial charge in [-0.3, -0.25) is 9.78 Å². The molecule has 5 nitrogen and oxygen atoms in total. The van der Waals surface area contributed by atoms with E-state index in [9.17, 15) is 9.90 Å². The van der Waals surface area contributed by atoms with Crippen molar-refractivity contribution in [1.82, 2.24) is 9.88 Å². The lowest BCUT2D eigenvalue weighted by molar-refractivity contribution is -0.139. The van der Waals surface area contributed by atoms with Crippen LogP contribution in [-0.4, -0.2) is 46.2 Å². The van der Waals surface area contributed by atoms with E-state index in [-0.39, 0.29) is 12.5 Å². The molecule has 0 bridgehead atoms. The standard InChI is InChI=1S/C19H22N2O3/c22-18(13-16-7-10-20-11-8-16)21-12-4-9-19(23,14-21)15-24-17-5-2-1-3-6-17/h1-3,5-8,10-11,23H,4,9,12-15H2/t19-/m1/s1. The van der Waals surface area contributed by atoms with Crippen LogP contribution in [0.1, 0.15) is 18.4 Å². The van der Waals surface area contributed by atoms with Crippen LogP contribution in [0.3, 0.4) is 0 Å². The number of ether oxygens (including phenoxy) is 1. The van der Waals surface area contributed by atoms with Gasteiger partial charge in [-0.25, -0.2) is 0 Å². The Morgan fingerprint density at radius 2 is 1.96 bits per heavy atom. The topological polar surface area (TPSA) is 62.7 Å². The van der Waals surface area contributed by atoms with E-state index in [0.717, 1.165) is 17.7 Å². The van der Waals surface area contributed by atoms with Crippen LogP contribution in [0, 0.1) is 0 Å². The van der Waals surface area contributed by atoms with Crippen LogP contribution in [-0.2, 0) is 11.2 Å². The van der Waals surface area contributed by atoms with Crippen LogP contribution in [0.15, 0.2) is 54.9 Å². The summed E-state index contributed by atoms with van der Waals surface area (Å²) in [7, 11) is 0. The van der Waals surface area contributed by atoms with Crippen molar-refractivity contribution >= 4 is 5.91 Å². The highest BCUT2D eigenvalue weighted by Crippen LogP contribution is 2.23. The van der Waals surface area contributed by atoms with Crippen molar-refractivity contribution in [3.05, 3.63) is 60.4 Å². The number of β-amino-alcohol motifs (C(OH)–C–C–N with tert-alkyl or cyclic N) is 1. The summed E-state index contributed by atoms with van der Waals surface area (Å²) in [5, 5.41) is 10.8. The third kappa shape index (κ3) is 4.32. The highest BCUT2D eigenvalue weighted by atomic mass is 16.5. The van der Waals surface area contributed by atoms with Crippen LogP contribution >= 0.6 is 0 Å². The summed E-state index contributed by atoms with van der Waals surface area (Å²) in [6, 6.07) is 13.1. The molecule has 1 aliphatic heterocycles. The predicted molar refractivity (Wildman–Crippen MR) is 90.6 cm³/mol. The Morgan fingerprint density at radius 3 is 2.71 bits per heavy atom. The van der Waals surface area contributed by atoms with Gasteiger partial charge in [0.2, 0.25) is 5.91 Å². The lowest BCUT2D eigenvalue weighted by atomic mass is 9.93. The maximum atomic E-state index is 12.5. The van der Waals surface area contributed by atoms with E-state index in [1.807, 2.05) is 42.5 Å². The Balaban J connectivity index is 1.57. The van der Waals surface area contributed by atoms with E-state index in [1.165, 1.54) is 0 Å². The summed E-state index contributed by atoms with van der Waals surface area (Å²) in [6.45, 7) is 1.18. The van der Waals surface area contributed by atoms with Gasteiger partial charge in [-0.2, -0.15) is 0 Å². The van der Waals surface area contributed by atoms with Gasteiger partial charge in [0.15, 0.2) is 0 Å². The first kappa shape index (κ1) is 16.5. The van der Waals surface area contributed by atoms with Crippen molar-refractivity contribution < 1.29 is 14.6 Å². The molecule has 126 valence electrons. The highest BCUT2D eigenvalue weighted by molar-refractivity contribution is 5.78. The Bertz CT molecular complexity index is 663. The van der Waals surface area contributed by atoms with Gasteiger partial charge in [0.05, 0.1) is 13.0 Å². The monoisotopic (exact) mass is 326 g/mol. The third-order valence-electron chi connectivity index (χ3n) is 4.26. The summed E-state index contributed by atoms with van der Waals surface area (Å²) in [6.07, 6.45) is 5.11. The Kier molecular flexibility index (Phi) is 5.11. The van der Waals surface area contributed by atoms with Crippen LogP contribution in [0.25, 0.3) is 0 Å². The number of likely N-dealkylation sites (tertiary alicyclic amines) is 1. The van der Waals surface area contributed by atoms with Gasteiger partial charge in [0.1, 0.15) is 18.0 Å². The van der Waals surface area contributed by atoms with Crippen molar-refractivity contribution in [1.29, 1.82) is 0 Å². The molecule has 0 aliphatic carbocycles. The first-order chi connectivity index (χ1) is 11.6. The fraction of sp³-hybridized carbons (Fsp3) is 0.368. The molecule has 1 fully saturated rings. The van der Waals surface area contributed by atoms with Gasteiger partial charge in [0, 0.05) is 18.9 Å². The second-order valence-corrected chi connectivity index (χ2v) is 6.28. The molecule has 1 atom stereocenters. The summed E-state index contributed by atoms with van der Waals surface area (Å²) < 4.78 is 5.70. The molecule has 2 aromatic rings. The Labute approximate surface area is 141 Å². The van der Waals surface area contributed by atoms with Crippen molar-refractivity contribution in [2.75, 3.05) is 19.7 Å². The number of hydrogen-bond acceptors (Lipinski definition) is 4. The molecule has 1 amide bonds. The van der Waals surface area contributed by atoms with E-state index in [0.29, 0.717) is 25.9 Å². The van der Waals surface area contributed by atoms with Gasteiger partial charge in [-0.05, 0) is 42.7 Å². The maximum absolute atomic E-state index is 12.5. The quantitative estimate of drug-likeness (QED) is 0.913. The summed E-state index contributed by atoms with van der Waals surface area (Å²) in [5.41, 5.74) is -0.0632. The number of benzene rings is 1. The lowest BCUT2D eigenvalue weighted by Gasteiger charge is -2.39. The van der Waals surface area contributed by atoms with Gasteiger partial charge >= 0.3 is 0 Å². The molecule has 0 saturated carbocycles. The molecule has 1 aliphatic rings. The van der Waals surface area contributed by atoms with E-state index < -0.39 is 5.60 Å². The number of rotatable bonds is 5. The van der Waals surface area contributed by atoms with Crippen molar-refractivity contribution in [2.24, 2.45) is 0 Å². The molecule has 1 aromatic heterocycles. The normalized spacial score (nSPS) is 20.6. The number of aliphatic hydroxyl groups is 1. The lowest BCUT2D eigenvalue weighted by Crippen LogP contribution is -2.53. The molecule has 2 heterocycles. The second-order valence-electron chi connectivity index (χ2n) is 6.28. The highest BCUT2D eigenvalue weighted by Gasteiger charge is 2.36.